The van der Waals surface area contributed by atoms with Crippen LogP contribution in [0.4, 0.5) is 0 Å². The number of hydrogen-bond donors (Lipinski definition) is 2. The van der Waals surface area contributed by atoms with Crippen LogP contribution in [0.1, 0.15) is 29.2 Å². The number of rotatable bonds is 4. The summed E-state index contributed by atoms with van der Waals surface area (Å²) in [6.45, 7) is 2.87. The summed E-state index contributed by atoms with van der Waals surface area (Å²) in [6.07, 6.45) is 3.26. The minimum atomic E-state index is -3.66. The molecular weight excluding hydrogens is 330 g/mol. The molecule has 2 heterocycles. The molecule has 1 fully saturated rings. The van der Waals surface area contributed by atoms with E-state index in [1.165, 1.54) is 0 Å². The van der Waals surface area contributed by atoms with Crippen LogP contribution in [-0.4, -0.2) is 35.5 Å². The molecule has 1 aromatic heterocycles. The van der Waals surface area contributed by atoms with E-state index in [2.05, 4.69) is 9.82 Å². The van der Waals surface area contributed by atoms with Gasteiger partial charge in [-0.2, -0.15) is 5.10 Å². The Morgan fingerprint density at radius 3 is 2.83 bits per heavy atom. The lowest BCUT2D eigenvalue weighted by Crippen LogP contribution is -2.56. The molecule has 0 spiro atoms. The standard InChI is InChI=1S/C16H19N3O4S/c1-10-6-17-19(7-10)16-14(5-15(16)20)18-24(21,22)13-3-2-11-8-23-9-12(11)4-13/h2-4,6-7,14-16,18,20H,5,8-9H2,1H3/t14-,15+,16+/m0/s1. The van der Waals surface area contributed by atoms with E-state index in [0.29, 0.717) is 19.6 Å². The smallest absolute Gasteiger partial charge is 0.240 e. The first-order valence-electron chi connectivity index (χ1n) is 7.85. The van der Waals surface area contributed by atoms with Crippen molar-refractivity contribution in [3.05, 3.63) is 47.3 Å². The molecule has 2 aromatic rings. The summed E-state index contributed by atoms with van der Waals surface area (Å²) in [5.74, 6) is 0. The Morgan fingerprint density at radius 1 is 1.33 bits per heavy atom. The van der Waals surface area contributed by atoms with Gasteiger partial charge in [0, 0.05) is 12.2 Å². The van der Waals surface area contributed by atoms with Crippen molar-refractivity contribution in [2.75, 3.05) is 0 Å². The number of sulfonamides is 1. The van der Waals surface area contributed by atoms with Crippen molar-refractivity contribution in [3.8, 4) is 0 Å². The van der Waals surface area contributed by atoms with Crippen LogP contribution in [0, 0.1) is 6.92 Å². The molecule has 0 unspecified atom stereocenters. The molecule has 0 saturated heterocycles. The Hall–Kier alpha value is -1.74. The van der Waals surface area contributed by atoms with Crippen molar-refractivity contribution >= 4 is 10.0 Å². The van der Waals surface area contributed by atoms with Crippen LogP contribution in [0.3, 0.4) is 0 Å². The van der Waals surface area contributed by atoms with Gasteiger partial charge in [0.25, 0.3) is 0 Å². The highest BCUT2D eigenvalue weighted by Crippen LogP contribution is 2.34. The Morgan fingerprint density at radius 2 is 2.12 bits per heavy atom. The Kier molecular flexibility index (Phi) is 3.72. The fraction of sp³-hybridized carbons (Fsp3) is 0.438. The van der Waals surface area contributed by atoms with Crippen molar-refractivity contribution < 1.29 is 18.3 Å². The van der Waals surface area contributed by atoms with Crippen molar-refractivity contribution in [2.24, 2.45) is 0 Å². The predicted octanol–water partition coefficient (Wildman–Crippen LogP) is 0.875. The number of aliphatic hydroxyl groups is 1. The maximum Gasteiger partial charge on any atom is 0.240 e. The first kappa shape index (κ1) is 15.8. The largest absolute Gasteiger partial charge is 0.391 e. The fourth-order valence-electron chi connectivity index (χ4n) is 3.27. The quantitative estimate of drug-likeness (QED) is 0.854. The van der Waals surface area contributed by atoms with Gasteiger partial charge < -0.3 is 9.84 Å². The third-order valence-corrected chi connectivity index (χ3v) is 6.14. The zero-order chi connectivity index (χ0) is 16.9. The Bertz CT molecular complexity index is 877. The summed E-state index contributed by atoms with van der Waals surface area (Å²) in [5, 5.41) is 14.2. The van der Waals surface area contributed by atoms with Gasteiger partial charge in [0.2, 0.25) is 10.0 Å². The number of aromatic nitrogens is 2. The molecule has 128 valence electrons. The molecule has 24 heavy (non-hydrogen) atoms. The highest BCUT2D eigenvalue weighted by atomic mass is 32.2. The zero-order valence-electron chi connectivity index (χ0n) is 13.2. The molecule has 0 amide bonds. The van der Waals surface area contributed by atoms with Gasteiger partial charge in [-0.05, 0) is 42.2 Å². The van der Waals surface area contributed by atoms with E-state index in [1.54, 1.807) is 35.3 Å². The second-order valence-electron chi connectivity index (χ2n) is 6.44. The Labute approximate surface area is 140 Å². The molecule has 1 aliphatic carbocycles. The molecule has 8 heteroatoms. The van der Waals surface area contributed by atoms with Gasteiger partial charge >= 0.3 is 0 Å². The lowest BCUT2D eigenvalue weighted by molar-refractivity contribution is 0.000519. The summed E-state index contributed by atoms with van der Waals surface area (Å²) in [5.41, 5.74) is 2.90. The van der Waals surface area contributed by atoms with E-state index in [1.807, 2.05) is 6.92 Å². The molecule has 2 aliphatic rings. The molecule has 1 aromatic carbocycles. The summed E-state index contributed by atoms with van der Waals surface area (Å²) >= 11 is 0. The van der Waals surface area contributed by atoms with E-state index in [-0.39, 0.29) is 17.0 Å². The average Bonchev–Trinajstić information content (AvgIpc) is 3.14. The lowest BCUT2D eigenvalue weighted by atomic mass is 9.84. The van der Waals surface area contributed by atoms with Crippen LogP contribution >= 0.6 is 0 Å². The van der Waals surface area contributed by atoms with Crippen molar-refractivity contribution in [1.82, 2.24) is 14.5 Å². The highest BCUT2D eigenvalue weighted by Gasteiger charge is 2.44. The number of hydrogen-bond acceptors (Lipinski definition) is 5. The molecule has 0 radical (unpaired) electrons. The highest BCUT2D eigenvalue weighted by molar-refractivity contribution is 7.89. The topological polar surface area (TPSA) is 93.5 Å². The molecule has 7 nitrogen and oxygen atoms in total. The van der Waals surface area contributed by atoms with Crippen LogP contribution in [0.25, 0.3) is 0 Å². The normalized spacial score (nSPS) is 26.2. The zero-order valence-corrected chi connectivity index (χ0v) is 14.0. The Balaban J connectivity index is 1.55. The summed E-state index contributed by atoms with van der Waals surface area (Å²) in [6, 6.07) is 4.28. The maximum atomic E-state index is 12.7. The molecule has 0 bridgehead atoms. The van der Waals surface area contributed by atoms with Crippen molar-refractivity contribution in [2.45, 2.75) is 49.6 Å². The van der Waals surface area contributed by atoms with Gasteiger partial charge in [-0.15, -0.1) is 0 Å². The van der Waals surface area contributed by atoms with E-state index in [0.717, 1.165) is 16.7 Å². The van der Waals surface area contributed by atoms with Gasteiger partial charge in [0.15, 0.2) is 0 Å². The number of aryl methyl sites for hydroxylation is 1. The minimum Gasteiger partial charge on any atom is -0.391 e. The van der Waals surface area contributed by atoms with Gasteiger partial charge in [0.1, 0.15) is 0 Å². The molecule has 1 saturated carbocycles. The molecule has 2 N–H and O–H groups in total. The van der Waals surface area contributed by atoms with Crippen LogP contribution < -0.4 is 4.72 Å². The average molecular weight is 349 g/mol. The van der Waals surface area contributed by atoms with Gasteiger partial charge in [-0.3, -0.25) is 4.68 Å². The second-order valence-corrected chi connectivity index (χ2v) is 8.16. The fourth-order valence-corrected chi connectivity index (χ4v) is 4.58. The van der Waals surface area contributed by atoms with Crippen LogP contribution in [0.2, 0.25) is 0 Å². The third kappa shape index (κ3) is 2.65. The lowest BCUT2D eigenvalue weighted by Gasteiger charge is -2.41. The number of nitrogens with zero attached hydrogens (tertiary/aromatic N) is 2. The molecule has 3 atom stereocenters. The van der Waals surface area contributed by atoms with E-state index < -0.39 is 16.1 Å². The van der Waals surface area contributed by atoms with E-state index >= 15 is 0 Å². The molecule has 4 rings (SSSR count). The summed E-state index contributed by atoms with van der Waals surface area (Å²) < 4.78 is 35.0. The van der Waals surface area contributed by atoms with Gasteiger partial charge in [-0.1, -0.05) is 6.07 Å². The van der Waals surface area contributed by atoms with Gasteiger partial charge in [-0.25, -0.2) is 13.1 Å². The summed E-state index contributed by atoms with van der Waals surface area (Å²) in [7, 11) is -3.66. The van der Waals surface area contributed by atoms with Crippen LogP contribution in [0.15, 0.2) is 35.5 Å². The number of fused-ring (bicyclic) bond motifs is 1. The van der Waals surface area contributed by atoms with Gasteiger partial charge in [0.05, 0.1) is 36.5 Å². The monoisotopic (exact) mass is 349 g/mol. The molecule has 1 aliphatic heterocycles. The first-order valence-corrected chi connectivity index (χ1v) is 9.33. The van der Waals surface area contributed by atoms with Crippen molar-refractivity contribution in [3.63, 3.8) is 0 Å². The predicted molar refractivity (Wildman–Crippen MR) is 85.7 cm³/mol. The minimum absolute atomic E-state index is 0.225. The van der Waals surface area contributed by atoms with Crippen LogP contribution in [0.5, 0.6) is 0 Å². The maximum absolute atomic E-state index is 12.7. The van der Waals surface area contributed by atoms with E-state index in [4.69, 9.17) is 4.74 Å². The van der Waals surface area contributed by atoms with E-state index in [9.17, 15) is 13.5 Å². The number of ether oxygens (including phenoxy) is 1. The second kappa shape index (κ2) is 5.66. The van der Waals surface area contributed by atoms with Crippen molar-refractivity contribution in [1.29, 1.82) is 0 Å². The molecular formula is C16H19N3O4S. The third-order valence-electron chi connectivity index (χ3n) is 4.65. The number of nitrogens with one attached hydrogen (secondary N) is 1. The van der Waals surface area contributed by atoms with Crippen LogP contribution in [-0.2, 0) is 28.0 Å². The number of aliphatic hydroxyl groups excluding tert-OH is 1. The number of benzene rings is 1. The first-order chi connectivity index (χ1) is 11.4. The SMILES string of the molecule is Cc1cnn([C@H]2[C@H](O)C[C@@H]2NS(=O)(=O)c2ccc3c(c2)COC3)c1. The summed E-state index contributed by atoms with van der Waals surface area (Å²) in [4.78, 5) is 0.225.